The van der Waals surface area contributed by atoms with Crippen molar-refractivity contribution in [1.82, 2.24) is 19.8 Å². The average Bonchev–Trinajstić information content (AvgIpc) is 3.34. The third-order valence-electron chi connectivity index (χ3n) is 5.56. The number of hydrogen-bond acceptors (Lipinski definition) is 4. The molecule has 2 aromatic carbocycles. The highest BCUT2D eigenvalue weighted by atomic mass is 35.5. The Bertz CT molecular complexity index is 1300. The summed E-state index contributed by atoms with van der Waals surface area (Å²) in [6.07, 6.45) is 1.57. The number of rotatable bonds is 7. The molecule has 4 rings (SSSR count). The van der Waals surface area contributed by atoms with Crippen molar-refractivity contribution in [3.05, 3.63) is 99.5 Å². The van der Waals surface area contributed by atoms with E-state index in [0.717, 1.165) is 5.56 Å². The van der Waals surface area contributed by atoms with E-state index in [1.165, 1.54) is 0 Å². The van der Waals surface area contributed by atoms with Crippen LogP contribution in [-0.4, -0.2) is 20.5 Å². The smallest absolute Gasteiger partial charge is 0.318 e. The molecule has 4 aromatic rings. The third-order valence-corrected chi connectivity index (χ3v) is 5.79. The van der Waals surface area contributed by atoms with Crippen LogP contribution in [0.4, 0.5) is 4.79 Å². The van der Waals surface area contributed by atoms with Crippen LogP contribution in [0.15, 0.2) is 76.1 Å². The van der Waals surface area contributed by atoms with Crippen LogP contribution in [0.2, 0.25) is 5.02 Å². The van der Waals surface area contributed by atoms with Crippen LogP contribution in [0.25, 0.3) is 10.9 Å². The van der Waals surface area contributed by atoms with Crippen molar-refractivity contribution in [3.63, 3.8) is 0 Å². The monoisotopic (exact) mass is 464 g/mol. The molecule has 2 heterocycles. The Kier molecular flexibility index (Phi) is 6.79. The first kappa shape index (κ1) is 22.6. The summed E-state index contributed by atoms with van der Waals surface area (Å²) >= 11 is 6.15. The minimum atomic E-state index is -0.512. The van der Waals surface area contributed by atoms with Gasteiger partial charge in [0.05, 0.1) is 29.8 Å². The van der Waals surface area contributed by atoms with Crippen molar-refractivity contribution in [2.75, 3.05) is 0 Å². The fourth-order valence-electron chi connectivity index (χ4n) is 3.81. The van der Waals surface area contributed by atoms with Gasteiger partial charge in [0, 0.05) is 18.1 Å². The van der Waals surface area contributed by atoms with E-state index in [1.54, 1.807) is 40.0 Å². The van der Waals surface area contributed by atoms with Crippen molar-refractivity contribution in [2.45, 2.75) is 39.5 Å². The van der Waals surface area contributed by atoms with Crippen molar-refractivity contribution >= 4 is 28.5 Å². The molecule has 2 amide bonds. The number of nitrogens with zero attached hydrogens (tertiary/aromatic N) is 3. The standard InChI is InChI=1S/C25H25ClN4O3/c1-3-29-23(28-22-14-19(26)11-12-21(22)24(29)31)17(2)30(16-20-10-7-13-33-20)25(32)27-15-18-8-5-4-6-9-18/h4-14,17H,3,15-16H2,1-2H3,(H,27,32). The van der Waals surface area contributed by atoms with Gasteiger partial charge in [0.2, 0.25) is 0 Å². The molecule has 170 valence electrons. The SMILES string of the molecule is CCn1c(C(C)N(Cc2ccco2)C(=O)NCc2ccccc2)nc2cc(Cl)ccc2c1=O. The van der Waals surface area contributed by atoms with Gasteiger partial charge in [-0.1, -0.05) is 41.9 Å². The van der Waals surface area contributed by atoms with Crippen LogP contribution >= 0.6 is 11.6 Å². The van der Waals surface area contributed by atoms with E-state index < -0.39 is 6.04 Å². The summed E-state index contributed by atoms with van der Waals surface area (Å²) in [5, 5.41) is 3.95. The summed E-state index contributed by atoms with van der Waals surface area (Å²) < 4.78 is 7.10. The molecule has 0 radical (unpaired) electrons. The van der Waals surface area contributed by atoms with E-state index in [9.17, 15) is 9.59 Å². The summed E-state index contributed by atoms with van der Waals surface area (Å²) in [5.41, 5.74) is 1.32. The predicted molar refractivity (Wildman–Crippen MR) is 128 cm³/mol. The van der Waals surface area contributed by atoms with E-state index >= 15 is 0 Å². The van der Waals surface area contributed by atoms with Crippen molar-refractivity contribution in [2.24, 2.45) is 0 Å². The number of hydrogen-bond donors (Lipinski definition) is 1. The lowest BCUT2D eigenvalue weighted by Crippen LogP contribution is -2.42. The second-order valence-corrected chi connectivity index (χ2v) is 8.14. The molecule has 7 nitrogen and oxygen atoms in total. The molecule has 8 heteroatoms. The Morgan fingerprint density at radius 2 is 1.97 bits per heavy atom. The van der Waals surface area contributed by atoms with Crippen molar-refractivity contribution in [3.8, 4) is 0 Å². The topological polar surface area (TPSA) is 80.4 Å². The molecule has 0 aliphatic carbocycles. The second kappa shape index (κ2) is 9.92. The summed E-state index contributed by atoms with van der Waals surface area (Å²) in [6, 6.07) is 17.5. The Balaban J connectivity index is 1.71. The number of urea groups is 1. The fourth-order valence-corrected chi connectivity index (χ4v) is 3.97. The zero-order valence-corrected chi connectivity index (χ0v) is 19.2. The molecule has 1 N–H and O–H groups in total. The van der Waals surface area contributed by atoms with Crippen LogP contribution < -0.4 is 10.9 Å². The van der Waals surface area contributed by atoms with E-state index in [0.29, 0.717) is 40.6 Å². The number of furan rings is 1. The van der Waals surface area contributed by atoms with E-state index in [1.807, 2.05) is 50.2 Å². The molecule has 0 aliphatic heterocycles. The summed E-state index contributed by atoms with van der Waals surface area (Å²) in [7, 11) is 0. The largest absolute Gasteiger partial charge is 0.467 e. The summed E-state index contributed by atoms with van der Waals surface area (Å²) in [6.45, 7) is 4.76. The number of halogens is 1. The molecule has 2 aromatic heterocycles. The van der Waals surface area contributed by atoms with Gasteiger partial charge in [-0.2, -0.15) is 0 Å². The van der Waals surface area contributed by atoms with Crippen molar-refractivity contribution < 1.29 is 9.21 Å². The van der Waals surface area contributed by atoms with Gasteiger partial charge < -0.3 is 14.6 Å². The molecule has 1 unspecified atom stereocenters. The third kappa shape index (κ3) is 4.93. The van der Waals surface area contributed by atoms with E-state index in [2.05, 4.69) is 5.32 Å². The Labute approximate surface area is 196 Å². The fraction of sp³-hybridized carbons (Fsp3) is 0.240. The number of carbonyl (C=O) groups is 1. The van der Waals surface area contributed by atoms with Crippen LogP contribution in [0.3, 0.4) is 0 Å². The first-order chi connectivity index (χ1) is 16.0. The molecular weight excluding hydrogens is 440 g/mol. The van der Waals surface area contributed by atoms with Crippen molar-refractivity contribution in [1.29, 1.82) is 0 Å². The average molecular weight is 465 g/mol. The van der Waals surface area contributed by atoms with E-state index in [-0.39, 0.29) is 18.1 Å². The van der Waals surface area contributed by atoms with Crippen LogP contribution in [0.5, 0.6) is 0 Å². The normalized spacial score (nSPS) is 12.0. The molecule has 33 heavy (non-hydrogen) atoms. The Morgan fingerprint density at radius 3 is 2.67 bits per heavy atom. The van der Waals surface area contributed by atoms with Gasteiger partial charge in [0.25, 0.3) is 5.56 Å². The lowest BCUT2D eigenvalue weighted by molar-refractivity contribution is 0.164. The predicted octanol–water partition coefficient (Wildman–Crippen LogP) is 5.14. The first-order valence-electron chi connectivity index (χ1n) is 10.8. The Hall–Kier alpha value is -3.58. The quantitative estimate of drug-likeness (QED) is 0.411. The summed E-state index contributed by atoms with van der Waals surface area (Å²) in [5.74, 6) is 1.12. The maximum atomic E-state index is 13.3. The Morgan fingerprint density at radius 1 is 1.18 bits per heavy atom. The molecule has 1 atom stereocenters. The highest BCUT2D eigenvalue weighted by molar-refractivity contribution is 6.31. The highest BCUT2D eigenvalue weighted by Crippen LogP contribution is 2.24. The minimum Gasteiger partial charge on any atom is -0.467 e. The lowest BCUT2D eigenvalue weighted by atomic mass is 10.2. The molecule has 0 fully saturated rings. The number of nitrogens with one attached hydrogen (secondary N) is 1. The van der Waals surface area contributed by atoms with Gasteiger partial charge in [0.1, 0.15) is 11.6 Å². The van der Waals surface area contributed by atoms with Gasteiger partial charge in [-0.05, 0) is 49.7 Å². The van der Waals surface area contributed by atoms with Crippen LogP contribution in [0.1, 0.15) is 37.0 Å². The molecule has 0 saturated heterocycles. The lowest BCUT2D eigenvalue weighted by Gasteiger charge is -2.30. The minimum absolute atomic E-state index is 0.163. The van der Waals surface area contributed by atoms with Gasteiger partial charge in [-0.3, -0.25) is 9.36 Å². The van der Waals surface area contributed by atoms with Gasteiger partial charge in [-0.15, -0.1) is 0 Å². The molecule has 0 bridgehead atoms. The van der Waals surface area contributed by atoms with Gasteiger partial charge in [0.15, 0.2) is 0 Å². The molecule has 0 saturated carbocycles. The zero-order chi connectivity index (χ0) is 23.4. The highest BCUT2D eigenvalue weighted by Gasteiger charge is 2.27. The maximum Gasteiger partial charge on any atom is 0.318 e. The maximum absolute atomic E-state index is 13.3. The molecule has 0 spiro atoms. The van der Waals surface area contributed by atoms with Gasteiger partial charge >= 0.3 is 6.03 Å². The van der Waals surface area contributed by atoms with Gasteiger partial charge in [-0.25, -0.2) is 9.78 Å². The van der Waals surface area contributed by atoms with Crippen LogP contribution in [-0.2, 0) is 19.6 Å². The zero-order valence-electron chi connectivity index (χ0n) is 18.5. The van der Waals surface area contributed by atoms with E-state index in [4.69, 9.17) is 21.0 Å². The second-order valence-electron chi connectivity index (χ2n) is 7.71. The number of carbonyl (C=O) groups excluding carboxylic acids is 1. The first-order valence-corrected chi connectivity index (χ1v) is 11.2. The molecule has 0 aliphatic rings. The number of fused-ring (bicyclic) bond motifs is 1. The number of benzene rings is 2. The number of aromatic nitrogens is 2. The summed E-state index contributed by atoms with van der Waals surface area (Å²) in [4.78, 5) is 32.8. The number of amides is 2. The molecular formula is C25H25ClN4O3. The van der Waals surface area contributed by atoms with Crippen LogP contribution in [0, 0.1) is 0 Å².